The van der Waals surface area contributed by atoms with E-state index in [0.29, 0.717) is 30.4 Å². The maximum Gasteiger partial charge on any atom is 0.291 e. The van der Waals surface area contributed by atoms with Gasteiger partial charge in [0.15, 0.2) is 5.84 Å². The van der Waals surface area contributed by atoms with E-state index in [-0.39, 0.29) is 34.9 Å². The van der Waals surface area contributed by atoms with E-state index in [9.17, 15) is 9.59 Å². The third-order valence-electron chi connectivity index (χ3n) is 9.84. The number of amides is 2. The molecule has 1 spiro atoms. The molecule has 2 aliphatic heterocycles. The molecule has 2 heterocycles. The Morgan fingerprint density at radius 3 is 2.24 bits per heavy atom. The van der Waals surface area contributed by atoms with Crippen LogP contribution in [-0.2, 0) is 11.2 Å². The Labute approximate surface area is 274 Å². The van der Waals surface area contributed by atoms with Crippen LogP contribution in [0, 0.1) is 16.7 Å². The SMILES string of the molecule is CC(C)(C)CCC(c1ccc(C(=O)NCC2NNNN2)cc1)N1C(=O)C(=NCCc2ccccc2)NC12CCC(C(C)(C)C)CC2. The number of nitrogens with zero attached hydrogens (tertiary/aromatic N) is 2. The lowest BCUT2D eigenvalue weighted by Gasteiger charge is -2.48. The average molecular weight is 631 g/mol. The third-order valence-corrected chi connectivity index (χ3v) is 9.84. The zero-order valence-electron chi connectivity index (χ0n) is 28.5. The number of hydrogen-bond donors (Lipinski definition) is 6. The summed E-state index contributed by atoms with van der Waals surface area (Å²) >= 11 is 0. The Balaban J connectivity index is 1.42. The molecule has 2 aromatic carbocycles. The maximum atomic E-state index is 14.5. The summed E-state index contributed by atoms with van der Waals surface area (Å²) in [6, 6.07) is 18.0. The average Bonchev–Trinajstić information content (AvgIpc) is 3.63. The van der Waals surface area contributed by atoms with E-state index < -0.39 is 5.66 Å². The van der Waals surface area contributed by atoms with Crippen molar-refractivity contribution in [1.82, 2.24) is 37.5 Å². The molecule has 2 saturated heterocycles. The van der Waals surface area contributed by atoms with Gasteiger partial charge in [-0.05, 0) is 85.0 Å². The van der Waals surface area contributed by atoms with Gasteiger partial charge < -0.3 is 15.5 Å². The van der Waals surface area contributed by atoms with E-state index in [1.54, 1.807) is 0 Å². The molecule has 2 aromatic rings. The van der Waals surface area contributed by atoms with Crippen molar-refractivity contribution in [3.63, 3.8) is 0 Å². The minimum absolute atomic E-state index is 0.0122. The van der Waals surface area contributed by atoms with Gasteiger partial charge >= 0.3 is 0 Å². The number of hydrogen-bond acceptors (Lipinski definition) is 7. The fraction of sp³-hybridized carbons (Fsp3) is 0.583. The van der Waals surface area contributed by atoms with E-state index in [4.69, 9.17) is 4.99 Å². The van der Waals surface area contributed by atoms with Crippen molar-refractivity contribution in [1.29, 1.82) is 0 Å². The van der Waals surface area contributed by atoms with Gasteiger partial charge in [0, 0.05) is 18.7 Å². The van der Waals surface area contributed by atoms with Crippen LogP contribution in [0.15, 0.2) is 59.6 Å². The van der Waals surface area contributed by atoms with Crippen molar-refractivity contribution in [3.8, 4) is 0 Å². The number of benzene rings is 2. The van der Waals surface area contributed by atoms with Crippen LogP contribution in [0.2, 0.25) is 0 Å². The fourth-order valence-corrected chi connectivity index (χ4v) is 7.01. The summed E-state index contributed by atoms with van der Waals surface area (Å²) in [6.07, 6.45) is 6.33. The standard InChI is InChI=1S/C36H54N8O2/c1-34(2,3)20-18-29(26-12-14-27(15-13-26)32(45)38-24-30-40-42-43-41-30)44-33(46)31(37-23-19-25-10-8-7-9-11-25)39-36(44)21-16-28(17-22-36)35(4,5)6/h7-15,28-30,40-43H,16-24H2,1-6H3,(H,37,39)(H,38,45). The summed E-state index contributed by atoms with van der Waals surface area (Å²) in [5, 5.41) is 6.69. The molecule has 1 aliphatic carbocycles. The number of nitrogens with one attached hydrogen (secondary N) is 6. The molecular formula is C36H54N8O2. The molecular weight excluding hydrogens is 576 g/mol. The number of rotatable bonds is 10. The van der Waals surface area contributed by atoms with Crippen LogP contribution in [0.25, 0.3) is 0 Å². The zero-order chi connectivity index (χ0) is 33.0. The van der Waals surface area contributed by atoms with Crippen LogP contribution in [-0.4, -0.2) is 47.5 Å². The smallest absolute Gasteiger partial charge is 0.291 e. The summed E-state index contributed by atoms with van der Waals surface area (Å²) in [6.45, 7) is 14.7. The molecule has 6 N–H and O–H groups in total. The highest BCUT2D eigenvalue weighted by atomic mass is 16.2. The quantitative estimate of drug-likeness (QED) is 0.225. The summed E-state index contributed by atoms with van der Waals surface area (Å²) in [4.78, 5) is 34.5. The highest BCUT2D eigenvalue weighted by Crippen LogP contribution is 2.48. The highest BCUT2D eigenvalue weighted by molar-refractivity contribution is 6.40. The van der Waals surface area contributed by atoms with Gasteiger partial charge in [-0.15, -0.1) is 0 Å². The first-order valence-electron chi connectivity index (χ1n) is 16.9. The predicted octanol–water partition coefficient (Wildman–Crippen LogP) is 4.73. The van der Waals surface area contributed by atoms with Crippen LogP contribution in [0.4, 0.5) is 0 Å². The monoisotopic (exact) mass is 630 g/mol. The molecule has 3 fully saturated rings. The highest BCUT2D eigenvalue weighted by Gasteiger charge is 2.53. The van der Waals surface area contributed by atoms with Crippen LogP contribution in [0.1, 0.15) is 108 Å². The lowest BCUT2D eigenvalue weighted by Crippen LogP contribution is -2.56. The van der Waals surface area contributed by atoms with E-state index in [1.165, 1.54) is 5.56 Å². The molecule has 1 atom stereocenters. The van der Waals surface area contributed by atoms with E-state index in [0.717, 1.165) is 50.5 Å². The molecule has 10 heteroatoms. The molecule has 5 rings (SSSR count). The minimum atomic E-state index is -0.480. The van der Waals surface area contributed by atoms with Crippen molar-refractivity contribution >= 4 is 17.6 Å². The van der Waals surface area contributed by atoms with Gasteiger partial charge in [-0.1, -0.05) is 84.0 Å². The first-order valence-corrected chi connectivity index (χ1v) is 16.9. The molecule has 1 unspecified atom stereocenters. The molecule has 2 amide bonds. The second-order valence-electron chi connectivity index (χ2n) is 15.5. The van der Waals surface area contributed by atoms with Crippen molar-refractivity contribution in [3.05, 3.63) is 71.3 Å². The van der Waals surface area contributed by atoms with Crippen LogP contribution in [0.3, 0.4) is 0 Å². The van der Waals surface area contributed by atoms with Gasteiger partial charge in [0.25, 0.3) is 11.8 Å². The Morgan fingerprint density at radius 1 is 0.978 bits per heavy atom. The molecule has 0 radical (unpaired) electrons. The molecule has 0 aromatic heterocycles. The third kappa shape index (κ3) is 8.34. The van der Waals surface area contributed by atoms with Gasteiger partial charge in [0.05, 0.1) is 6.04 Å². The van der Waals surface area contributed by atoms with Crippen LogP contribution in [0.5, 0.6) is 0 Å². The zero-order valence-corrected chi connectivity index (χ0v) is 28.5. The van der Waals surface area contributed by atoms with E-state index in [1.807, 2.05) is 42.5 Å². The fourth-order valence-electron chi connectivity index (χ4n) is 7.01. The first-order chi connectivity index (χ1) is 21.8. The molecule has 46 heavy (non-hydrogen) atoms. The van der Waals surface area contributed by atoms with Crippen molar-refractivity contribution in [2.45, 2.75) is 104 Å². The number of carbonyl (C=O) groups is 2. The topological polar surface area (TPSA) is 122 Å². The Kier molecular flexibility index (Phi) is 10.5. The van der Waals surface area contributed by atoms with Gasteiger partial charge in [-0.3, -0.25) is 14.6 Å². The van der Waals surface area contributed by atoms with Gasteiger partial charge in [0.1, 0.15) is 11.8 Å². The lowest BCUT2D eigenvalue weighted by atomic mass is 9.69. The van der Waals surface area contributed by atoms with Gasteiger partial charge in [0.2, 0.25) is 0 Å². The van der Waals surface area contributed by atoms with Crippen molar-refractivity contribution < 1.29 is 9.59 Å². The van der Waals surface area contributed by atoms with Crippen molar-refractivity contribution in [2.75, 3.05) is 13.1 Å². The van der Waals surface area contributed by atoms with Crippen molar-refractivity contribution in [2.24, 2.45) is 21.7 Å². The minimum Gasteiger partial charge on any atom is -0.349 e. The maximum absolute atomic E-state index is 14.5. The van der Waals surface area contributed by atoms with E-state index >= 15 is 0 Å². The Morgan fingerprint density at radius 2 is 1.63 bits per heavy atom. The Hall–Kier alpha value is -3.31. The predicted molar refractivity (Wildman–Crippen MR) is 183 cm³/mol. The molecule has 250 valence electrons. The van der Waals surface area contributed by atoms with E-state index in [2.05, 4.69) is 91.1 Å². The first kappa shape index (κ1) is 34.0. The van der Waals surface area contributed by atoms with Gasteiger partial charge in [-0.2, -0.15) is 11.1 Å². The molecule has 1 saturated carbocycles. The molecule has 3 aliphatic rings. The Bertz CT molecular complexity index is 1350. The van der Waals surface area contributed by atoms with Crippen LogP contribution < -0.4 is 32.6 Å². The number of carbonyl (C=O) groups excluding carboxylic acids is 2. The summed E-state index contributed by atoms with van der Waals surface area (Å²) in [5.41, 5.74) is 14.2. The summed E-state index contributed by atoms with van der Waals surface area (Å²) in [5.74, 6) is 0.932. The normalized spacial score (nSPS) is 24.0. The second kappa shape index (κ2) is 14.2. The van der Waals surface area contributed by atoms with Gasteiger partial charge in [-0.25, -0.2) is 10.9 Å². The summed E-state index contributed by atoms with van der Waals surface area (Å²) < 4.78 is 0. The lowest BCUT2D eigenvalue weighted by molar-refractivity contribution is -0.133. The van der Waals surface area contributed by atoms with Crippen LogP contribution >= 0.6 is 0 Å². The number of amidine groups is 1. The summed E-state index contributed by atoms with van der Waals surface area (Å²) in [7, 11) is 0. The molecule has 10 nitrogen and oxygen atoms in total. The number of aliphatic imine (C=N–C) groups is 1. The molecule has 0 bridgehead atoms. The largest absolute Gasteiger partial charge is 0.349 e. The number of hydrazine groups is 3. The second-order valence-corrected chi connectivity index (χ2v) is 15.5.